The van der Waals surface area contributed by atoms with E-state index in [4.69, 9.17) is 24.7 Å². The van der Waals surface area contributed by atoms with Gasteiger partial charge in [-0.1, -0.05) is 0 Å². The second kappa shape index (κ2) is 8.03. The molecule has 0 aromatic carbocycles. The Morgan fingerprint density at radius 3 is 2.26 bits per heavy atom. The van der Waals surface area contributed by atoms with Crippen LogP contribution in [-0.2, 0) is 33.3 Å². The molecule has 2 rings (SSSR count). The molecule has 1 aliphatic heterocycles. The molecule has 1 fully saturated rings. The van der Waals surface area contributed by atoms with Crippen LogP contribution in [0.3, 0.4) is 0 Å². The molecule has 27 heavy (non-hydrogen) atoms. The van der Waals surface area contributed by atoms with Gasteiger partial charge in [0, 0.05) is 27.0 Å². The summed E-state index contributed by atoms with van der Waals surface area (Å²) in [4.78, 5) is 59.7. The number of aromatic amines is 1. The first kappa shape index (κ1) is 20.2. The molecule has 0 aliphatic carbocycles. The number of anilines is 1. The van der Waals surface area contributed by atoms with E-state index in [-0.39, 0.29) is 12.3 Å². The summed E-state index contributed by atoms with van der Waals surface area (Å²) >= 11 is 0. The topological polar surface area (TPSA) is 169 Å². The van der Waals surface area contributed by atoms with Crippen molar-refractivity contribution >= 4 is 23.6 Å². The Bertz CT molecular complexity index is 859. The van der Waals surface area contributed by atoms with Crippen LogP contribution in [0.2, 0.25) is 0 Å². The lowest BCUT2D eigenvalue weighted by atomic mass is 10.1. The molecule has 12 nitrogen and oxygen atoms in total. The van der Waals surface area contributed by atoms with Crippen LogP contribution in [0.25, 0.3) is 0 Å². The Morgan fingerprint density at radius 1 is 1.11 bits per heavy atom. The van der Waals surface area contributed by atoms with Crippen LogP contribution < -0.4 is 17.0 Å². The summed E-state index contributed by atoms with van der Waals surface area (Å²) in [6.07, 6.45) is -3.73. The monoisotopic (exact) mass is 385 g/mol. The minimum absolute atomic E-state index is 0.285. The third kappa shape index (κ3) is 4.73. The normalized spacial score (nSPS) is 24.3. The number of nitrogen functional groups attached to an aromatic ring is 1. The second-order valence-electron chi connectivity index (χ2n) is 5.77. The Balaban J connectivity index is 2.47. The molecule has 2 heterocycles. The average Bonchev–Trinajstić information content (AvgIpc) is 2.85. The van der Waals surface area contributed by atoms with E-state index in [0.29, 0.717) is 0 Å². The number of rotatable bonds is 5. The van der Waals surface area contributed by atoms with Crippen molar-refractivity contribution in [1.29, 1.82) is 0 Å². The summed E-state index contributed by atoms with van der Waals surface area (Å²) in [6.45, 7) is 3.09. The van der Waals surface area contributed by atoms with Crippen LogP contribution in [0.5, 0.6) is 0 Å². The van der Waals surface area contributed by atoms with Gasteiger partial charge in [0.15, 0.2) is 18.4 Å². The highest BCUT2D eigenvalue weighted by molar-refractivity contribution is 5.68. The fourth-order valence-corrected chi connectivity index (χ4v) is 2.61. The number of nitrogens with zero attached hydrogens (tertiary/aromatic N) is 1. The molecule has 12 heteroatoms. The maximum atomic E-state index is 12.2. The number of nitrogens with two attached hydrogens (primary N) is 1. The predicted molar refractivity (Wildman–Crippen MR) is 87.4 cm³/mol. The van der Waals surface area contributed by atoms with Crippen LogP contribution in [0.15, 0.2) is 15.8 Å². The number of carbonyl (C=O) groups excluding carboxylic acids is 3. The van der Waals surface area contributed by atoms with Crippen molar-refractivity contribution in [2.75, 3.05) is 12.3 Å². The van der Waals surface area contributed by atoms with E-state index >= 15 is 0 Å². The van der Waals surface area contributed by atoms with E-state index in [1.54, 1.807) is 0 Å². The van der Waals surface area contributed by atoms with Crippen molar-refractivity contribution in [2.45, 2.75) is 45.3 Å². The lowest BCUT2D eigenvalue weighted by Crippen LogP contribution is -2.42. The minimum Gasteiger partial charge on any atom is -0.463 e. The molecule has 1 aliphatic rings. The SMILES string of the molecule is CC(=O)OCC1OC(n2cc(N)c(=O)[nH]c2=O)C(OC(C)=O)C1OC(C)=O. The fourth-order valence-electron chi connectivity index (χ4n) is 2.61. The fraction of sp³-hybridized carbons (Fsp3) is 0.533. The van der Waals surface area contributed by atoms with Gasteiger partial charge in [0.2, 0.25) is 0 Å². The molecule has 0 spiro atoms. The summed E-state index contributed by atoms with van der Waals surface area (Å²) < 4.78 is 21.8. The zero-order valence-electron chi connectivity index (χ0n) is 14.8. The molecule has 0 saturated carbocycles. The number of esters is 3. The predicted octanol–water partition coefficient (Wildman–Crippen LogP) is -1.56. The average molecular weight is 385 g/mol. The lowest BCUT2D eigenvalue weighted by molar-refractivity contribution is -0.166. The molecule has 1 aromatic rings. The summed E-state index contributed by atoms with van der Waals surface area (Å²) in [5.41, 5.74) is 3.56. The first-order valence-corrected chi connectivity index (χ1v) is 7.84. The summed E-state index contributed by atoms with van der Waals surface area (Å²) in [6, 6.07) is 0. The number of nitrogens with one attached hydrogen (secondary N) is 1. The molecule has 4 atom stereocenters. The molecule has 0 bridgehead atoms. The van der Waals surface area contributed by atoms with Crippen LogP contribution in [-0.4, -0.2) is 52.4 Å². The highest BCUT2D eigenvalue weighted by Crippen LogP contribution is 2.33. The van der Waals surface area contributed by atoms with Crippen molar-refractivity contribution < 1.29 is 33.3 Å². The highest BCUT2D eigenvalue weighted by Gasteiger charge is 2.51. The zero-order valence-corrected chi connectivity index (χ0v) is 14.8. The third-order valence-electron chi connectivity index (χ3n) is 3.61. The van der Waals surface area contributed by atoms with Crippen molar-refractivity contribution in [3.05, 3.63) is 27.0 Å². The number of H-pyrrole nitrogens is 1. The van der Waals surface area contributed by atoms with Gasteiger partial charge in [-0.3, -0.25) is 28.7 Å². The molecule has 0 amide bonds. The minimum atomic E-state index is -1.29. The largest absolute Gasteiger partial charge is 0.463 e. The van der Waals surface area contributed by atoms with Gasteiger partial charge in [-0.2, -0.15) is 0 Å². The molecule has 1 saturated heterocycles. The van der Waals surface area contributed by atoms with Gasteiger partial charge in [0.25, 0.3) is 5.56 Å². The van der Waals surface area contributed by atoms with Gasteiger partial charge in [-0.25, -0.2) is 4.79 Å². The maximum Gasteiger partial charge on any atom is 0.330 e. The van der Waals surface area contributed by atoms with Gasteiger partial charge in [0.1, 0.15) is 18.4 Å². The van der Waals surface area contributed by atoms with E-state index in [1.165, 1.54) is 6.92 Å². The van der Waals surface area contributed by atoms with Crippen LogP contribution >= 0.6 is 0 Å². The number of carbonyl (C=O) groups is 3. The first-order chi connectivity index (χ1) is 12.6. The Labute approximate surface area is 152 Å². The summed E-state index contributed by atoms with van der Waals surface area (Å²) in [5.74, 6) is -2.05. The molecule has 148 valence electrons. The molecule has 4 unspecified atom stereocenters. The zero-order chi connectivity index (χ0) is 20.3. The van der Waals surface area contributed by atoms with E-state index in [9.17, 15) is 24.0 Å². The summed E-state index contributed by atoms with van der Waals surface area (Å²) in [7, 11) is 0. The van der Waals surface area contributed by atoms with Gasteiger partial charge >= 0.3 is 23.6 Å². The smallest absolute Gasteiger partial charge is 0.330 e. The standard InChI is InChI=1S/C15H19N3O9/c1-6(19)24-5-10-11(25-7(2)20)12(26-8(3)21)14(27-10)18-4-9(16)13(22)17-15(18)23/h4,10-12,14H,5,16H2,1-3H3,(H,17,22,23). The number of aromatic nitrogens is 2. The first-order valence-electron chi connectivity index (χ1n) is 7.84. The number of hydrogen-bond donors (Lipinski definition) is 2. The summed E-state index contributed by atoms with van der Waals surface area (Å²) in [5, 5.41) is 0. The molecular weight excluding hydrogens is 366 g/mol. The highest BCUT2D eigenvalue weighted by atomic mass is 16.7. The second-order valence-corrected chi connectivity index (χ2v) is 5.77. The lowest BCUT2D eigenvalue weighted by Gasteiger charge is -2.23. The van der Waals surface area contributed by atoms with Crippen molar-refractivity contribution in [2.24, 2.45) is 0 Å². The van der Waals surface area contributed by atoms with Gasteiger partial charge in [-0.05, 0) is 0 Å². The van der Waals surface area contributed by atoms with Crippen LogP contribution in [0.4, 0.5) is 5.69 Å². The Kier molecular flexibility index (Phi) is 6.00. The van der Waals surface area contributed by atoms with Crippen LogP contribution in [0, 0.1) is 0 Å². The molecule has 3 N–H and O–H groups in total. The van der Waals surface area contributed by atoms with Crippen LogP contribution in [0.1, 0.15) is 27.0 Å². The van der Waals surface area contributed by atoms with E-state index in [0.717, 1.165) is 24.6 Å². The van der Waals surface area contributed by atoms with Gasteiger partial charge in [-0.15, -0.1) is 0 Å². The van der Waals surface area contributed by atoms with Gasteiger partial charge < -0.3 is 24.7 Å². The van der Waals surface area contributed by atoms with E-state index in [1.807, 2.05) is 4.98 Å². The quantitative estimate of drug-likeness (QED) is 0.446. The molecule has 0 radical (unpaired) electrons. The van der Waals surface area contributed by atoms with Crippen molar-refractivity contribution in [3.8, 4) is 0 Å². The van der Waals surface area contributed by atoms with E-state index in [2.05, 4.69) is 0 Å². The Hall–Kier alpha value is -3.15. The number of ether oxygens (including phenoxy) is 4. The molecular formula is C15H19N3O9. The van der Waals surface area contributed by atoms with Gasteiger partial charge in [0.05, 0.1) is 0 Å². The maximum absolute atomic E-state index is 12.2. The van der Waals surface area contributed by atoms with Crippen molar-refractivity contribution in [3.63, 3.8) is 0 Å². The Morgan fingerprint density at radius 2 is 1.70 bits per heavy atom. The molecule has 1 aromatic heterocycles. The van der Waals surface area contributed by atoms with E-state index < -0.39 is 53.7 Å². The van der Waals surface area contributed by atoms with Crippen molar-refractivity contribution in [1.82, 2.24) is 9.55 Å². The third-order valence-corrected chi connectivity index (χ3v) is 3.61. The number of hydrogen-bond acceptors (Lipinski definition) is 10.